The molecular formula is C25H21F3O6. The fraction of sp³-hybridized carbons (Fsp3) is 0.160. The summed E-state index contributed by atoms with van der Waals surface area (Å²) in [5.41, 5.74) is -0.190. The Hall–Kier alpha value is -4.14. The molecule has 0 aromatic heterocycles. The normalized spacial score (nSPS) is 11.3. The summed E-state index contributed by atoms with van der Waals surface area (Å²) >= 11 is 0. The summed E-state index contributed by atoms with van der Waals surface area (Å²) in [7, 11) is 2.75. The van der Waals surface area contributed by atoms with Crippen LogP contribution in [0.3, 0.4) is 0 Å². The lowest BCUT2D eigenvalue weighted by molar-refractivity contribution is -0.137. The molecule has 178 valence electrons. The van der Waals surface area contributed by atoms with Crippen LogP contribution in [0.4, 0.5) is 13.2 Å². The number of carboxylic acids is 1. The molecule has 0 amide bonds. The van der Waals surface area contributed by atoms with E-state index in [0.717, 1.165) is 12.1 Å². The fourth-order valence-corrected chi connectivity index (χ4v) is 3.03. The number of hydrogen-bond donors (Lipinski definition) is 1. The van der Waals surface area contributed by atoms with Crippen molar-refractivity contribution >= 4 is 12.0 Å². The summed E-state index contributed by atoms with van der Waals surface area (Å²) in [6.45, 7) is 0.158. The number of hydrogen-bond acceptors (Lipinski definition) is 5. The lowest BCUT2D eigenvalue weighted by Gasteiger charge is -2.16. The van der Waals surface area contributed by atoms with Crippen LogP contribution >= 0.6 is 0 Å². The molecule has 1 N–H and O–H groups in total. The summed E-state index contributed by atoms with van der Waals surface area (Å²) in [5, 5.41) is 9.39. The number of carbonyl (C=O) groups is 1. The highest BCUT2D eigenvalue weighted by Crippen LogP contribution is 2.43. The van der Waals surface area contributed by atoms with Gasteiger partial charge in [-0.2, -0.15) is 13.2 Å². The zero-order valence-electron chi connectivity index (χ0n) is 18.3. The minimum atomic E-state index is -4.37. The maximum atomic E-state index is 12.6. The second-order valence-electron chi connectivity index (χ2n) is 6.89. The fourth-order valence-electron chi connectivity index (χ4n) is 3.03. The predicted octanol–water partition coefficient (Wildman–Crippen LogP) is 6.31. The molecule has 0 atom stereocenters. The third-order valence-electron chi connectivity index (χ3n) is 4.65. The number of alkyl halides is 3. The summed E-state index contributed by atoms with van der Waals surface area (Å²) in [5.74, 6) is 0.0288. The number of methoxy groups -OCH3 is 2. The van der Waals surface area contributed by atoms with Gasteiger partial charge in [0.05, 0.1) is 19.8 Å². The van der Waals surface area contributed by atoms with Gasteiger partial charge in [0.1, 0.15) is 23.7 Å². The molecule has 9 heteroatoms. The van der Waals surface area contributed by atoms with Crippen molar-refractivity contribution in [1.82, 2.24) is 0 Å². The minimum absolute atomic E-state index is 0.0117. The predicted molar refractivity (Wildman–Crippen MR) is 119 cm³/mol. The molecule has 0 aliphatic rings. The molecule has 0 heterocycles. The topological polar surface area (TPSA) is 74.2 Å². The molecule has 0 saturated heterocycles. The molecule has 3 rings (SSSR count). The average Bonchev–Trinajstić information content (AvgIpc) is 2.81. The Kier molecular flexibility index (Phi) is 7.68. The first-order valence-electron chi connectivity index (χ1n) is 9.95. The number of aromatic carboxylic acids is 1. The third kappa shape index (κ3) is 6.00. The highest BCUT2D eigenvalue weighted by molar-refractivity contribution is 5.92. The molecule has 0 saturated carbocycles. The summed E-state index contributed by atoms with van der Waals surface area (Å²) in [4.78, 5) is 11.5. The van der Waals surface area contributed by atoms with Gasteiger partial charge >= 0.3 is 12.1 Å². The zero-order chi connectivity index (χ0) is 24.7. The zero-order valence-corrected chi connectivity index (χ0v) is 18.3. The Morgan fingerprint density at radius 2 is 1.65 bits per heavy atom. The van der Waals surface area contributed by atoms with Gasteiger partial charge in [-0.05, 0) is 48.0 Å². The number of carboxylic acid groups (broad SMARTS) is 1. The van der Waals surface area contributed by atoms with Gasteiger partial charge in [0.2, 0.25) is 5.75 Å². The van der Waals surface area contributed by atoms with Gasteiger partial charge in [-0.1, -0.05) is 24.3 Å². The van der Waals surface area contributed by atoms with Gasteiger partial charge in [0.25, 0.3) is 0 Å². The van der Waals surface area contributed by atoms with Gasteiger partial charge in [0.15, 0.2) is 11.5 Å². The van der Waals surface area contributed by atoms with Crippen molar-refractivity contribution in [2.75, 3.05) is 20.8 Å². The second-order valence-corrected chi connectivity index (χ2v) is 6.89. The van der Waals surface area contributed by atoms with Crippen molar-refractivity contribution in [3.63, 3.8) is 0 Å². The van der Waals surface area contributed by atoms with Crippen LogP contribution < -0.4 is 18.9 Å². The molecule has 0 aliphatic heterocycles. The van der Waals surface area contributed by atoms with Crippen LogP contribution in [-0.4, -0.2) is 31.9 Å². The largest absolute Gasteiger partial charge is 0.493 e. The SMILES string of the molecule is COc1ccc(C(=O)O)c(OC)c1Oc1cccc(OCC=Cc2ccc(C(F)(F)F)cc2)c1. The Morgan fingerprint density at radius 1 is 0.941 bits per heavy atom. The van der Waals surface area contributed by atoms with Gasteiger partial charge in [0, 0.05) is 6.07 Å². The minimum Gasteiger partial charge on any atom is -0.493 e. The number of halogens is 3. The van der Waals surface area contributed by atoms with E-state index in [-0.39, 0.29) is 29.4 Å². The first-order valence-corrected chi connectivity index (χ1v) is 9.95. The van der Waals surface area contributed by atoms with Crippen molar-refractivity contribution in [2.45, 2.75) is 6.18 Å². The monoisotopic (exact) mass is 474 g/mol. The molecule has 3 aromatic rings. The Bertz CT molecular complexity index is 1170. The van der Waals surface area contributed by atoms with E-state index in [9.17, 15) is 23.1 Å². The lowest BCUT2D eigenvalue weighted by Crippen LogP contribution is -2.04. The lowest BCUT2D eigenvalue weighted by atomic mass is 10.1. The third-order valence-corrected chi connectivity index (χ3v) is 4.65. The van der Waals surface area contributed by atoms with Crippen molar-refractivity contribution in [3.8, 4) is 28.7 Å². The molecule has 3 aromatic carbocycles. The smallest absolute Gasteiger partial charge is 0.416 e. The molecule has 0 radical (unpaired) electrons. The van der Waals surface area contributed by atoms with Crippen LogP contribution in [0.1, 0.15) is 21.5 Å². The second kappa shape index (κ2) is 10.7. The first kappa shape index (κ1) is 24.5. The average molecular weight is 474 g/mol. The van der Waals surface area contributed by atoms with Crippen LogP contribution in [-0.2, 0) is 6.18 Å². The van der Waals surface area contributed by atoms with Gasteiger partial charge in [-0.3, -0.25) is 0 Å². The van der Waals surface area contributed by atoms with E-state index >= 15 is 0 Å². The van der Waals surface area contributed by atoms with Crippen LogP contribution in [0.5, 0.6) is 28.7 Å². The van der Waals surface area contributed by atoms with E-state index in [2.05, 4.69) is 0 Å². The Morgan fingerprint density at radius 3 is 2.26 bits per heavy atom. The van der Waals surface area contributed by atoms with Crippen molar-refractivity contribution in [2.24, 2.45) is 0 Å². The Balaban J connectivity index is 1.70. The van der Waals surface area contributed by atoms with Gasteiger partial charge in [-0.15, -0.1) is 0 Å². The van der Waals surface area contributed by atoms with Crippen LogP contribution in [0.25, 0.3) is 6.08 Å². The highest BCUT2D eigenvalue weighted by atomic mass is 19.4. The van der Waals surface area contributed by atoms with Crippen LogP contribution in [0.15, 0.2) is 66.7 Å². The molecule has 6 nitrogen and oxygen atoms in total. The first-order chi connectivity index (χ1) is 16.2. The highest BCUT2D eigenvalue weighted by Gasteiger charge is 2.29. The molecule has 0 spiro atoms. The quantitative estimate of drug-likeness (QED) is 0.392. The number of benzene rings is 3. The Labute approximate surface area is 193 Å². The molecular weight excluding hydrogens is 453 g/mol. The van der Waals surface area contributed by atoms with Crippen LogP contribution in [0.2, 0.25) is 0 Å². The summed E-state index contributed by atoms with van der Waals surface area (Å²) < 4.78 is 59.9. The molecule has 0 bridgehead atoms. The van der Waals surface area contributed by atoms with Crippen LogP contribution in [0, 0.1) is 0 Å². The molecule has 0 fully saturated rings. The van der Waals surface area contributed by atoms with Crippen molar-refractivity contribution in [1.29, 1.82) is 0 Å². The maximum Gasteiger partial charge on any atom is 0.416 e. The van der Waals surface area contributed by atoms with E-state index in [1.807, 2.05) is 0 Å². The molecule has 34 heavy (non-hydrogen) atoms. The van der Waals surface area contributed by atoms with Gasteiger partial charge in [-0.25, -0.2) is 4.79 Å². The number of rotatable bonds is 9. The molecule has 0 aliphatic carbocycles. The summed E-state index contributed by atoms with van der Waals surface area (Å²) in [6.07, 6.45) is -1.06. The van der Waals surface area contributed by atoms with E-state index < -0.39 is 17.7 Å². The van der Waals surface area contributed by atoms with Gasteiger partial charge < -0.3 is 24.1 Å². The standard InChI is InChI=1S/C25H21F3O6/c1-31-21-13-12-20(24(29)30)22(32-2)23(21)34-19-7-3-6-18(15-19)33-14-4-5-16-8-10-17(11-9-16)25(26,27)28/h3-13,15H,14H2,1-2H3,(H,29,30). The van der Waals surface area contributed by atoms with E-state index in [1.165, 1.54) is 38.5 Å². The van der Waals surface area contributed by atoms with Crippen molar-refractivity contribution in [3.05, 3.63) is 83.4 Å². The summed E-state index contributed by atoms with van der Waals surface area (Å²) in [6, 6.07) is 14.2. The number of ether oxygens (including phenoxy) is 4. The van der Waals surface area contributed by atoms with E-state index in [4.69, 9.17) is 18.9 Å². The van der Waals surface area contributed by atoms with E-state index in [0.29, 0.717) is 17.1 Å². The van der Waals surface area contributed by atoms with E-state index in [1.54, 1.807) is 36.4 Å². The molecule has 0 unspecified atom stereocenters. The van der Waals surface area contributed by atoms with Crippen molar-refractivity contribution < 1.29 is 42.0 Å². The maximum absolute atomic E-state index is 12.6.